The van der Waals surface area contributed by atoms with Gasteiger partial charge in [0.15, 0.2) is 5.82 Å². The van der Waals surface area contributed by atoms with E-state index in [-0.39, 0.29) is 5.41 Å². The van der Waals surface area contributed by atoms with Gasteiger partial charge in [0.2, 0.25) is 11.6 Å². The van der Waals surface area contributed by atoms with Gasteiger partial charge in [0.25, 0.3) is 0 Å². The highest BCUT2D eigenvalue weighted by atomic mass is 35.5. The van der Waals surface area contributed by atoms with Crippen molar-refractivity contribution in [2.75, 3.05) is 23.7 Å². The van der Waals surface area contributed by atoms with Crippen LogP contribution >= 0.6 is 11.6 Å². The lowest BCUT2D eigenvalue weighted by Gasteiger charge is -2.38. The summed E-state index contributed by atoms with van der Waals surface area (Å²) < 4.78 is 1.77. The maximum absolute atomic E-state index is 6.20. The molecule has 0 spiro atoms. The molecule has 0 saturated carbocycles. The first kappa shape index (κ1) is 12.5. The van der Waals surface area contributed by atoms with Crippen LogP contribution in [0.5, 0.6) is 0 Å². The van der Waals surface area contributed by atoms with E-state index in [0.29, 0.717) is 16.6 Å². The Morgan fingerprint density at radius 1 is 1.37 bits per heavy atom. The molecule has 0 bridgehead atoms. The second-order valence-corrected chi connectivity index (χ2v) is 6.20. The van der Waals surface area contributed by atoms with E-state index in [1.54, 1.807) is 4.40 Å². The molecule has 1 fully saturated rings. The Hall–Kier alpha value is -1.56. The summed E-state index contributed by atoms with van der Waals surface area (Å²) in [5.41, 5.74) is 6.60. The van der Waals surface area contributed by atoms with Crippen molar-refractivity contribution in [3.63, 3.8) is 0 Å². The van der Waals surface area contributed by atoms with Crippen molar-refractivity contribution in [1.82, 2.24) is 19.6 Å². The van der Waals surface area contributed by atoms with E-state index < -0.39 is 0 Å². The Morgan fingerprint density at radius 2 is 2.16 bits per heavy atom. The van der Waals surface area contributed by atoms with E-state index in [9.17, 15) is 0 Å². The highest BCUT2D eigenvalue weighted by Gasteiger charge is 2.29. The number of nitrogens with zero attached hydrogens (tertiary/aromatic N) is 5. The minimum absolute atomic E-state index is 0.273. The summed E-state index contributed by atoms with van der Waals surface area (Å²) >= 11 is 6.20. The highest BCUT2D eigenvalue weighted by molar-refractivity contribution is 6.29. The molecule has 3 heterocycles. The molecule has 0 radical (unpaired) electrons. The number of hydrogen-bond donors (Lipinski definition) is 1. The zero-order chi connectivity index (χ0) is 13.6. The third kappa shape index (κ3) is 2.10. The van der Waals surface area contributed by atoms with Gasteiger partial charge in [0.1, 0.15) is 5.15 Å². The number of anilines is 2. The van der Waals surface area contributed by atoms with Gasteiger partial charge in [-0.05, 0) is 18.3 Å². The number of piperidine rings is 1. The van der Waals surface area contributed by atoms with Crippen LogP contribution in [0.3, 0.4) is 0 Å². The first-order chi connectivity index (χ1) is 8.98. The first-order valence-electron chi connectivity index (χ1n) is 6.38. The van der Waals surface area contributed by atoms with Crippen molar-refractivity contribution in [3.8, 4) is 0 Å². The lowest BCUT2D eigenvalue weighted by Crippen LogP contribution is -2.41. The summed E-state index contributed by atoms with van der Waals surface area (Å²) in [7, 11) is 0. The molecule has 7 heteroatoms. The molecule has 19 heavy (non-hydrogen) atoms. The Kier molecular flexibility index (Phi) is 2.78. The quantitative estimate of drug-likeness (QED) is 0.865. The molecule has 0 unspecified atom stereocenters. The number of nitrogen functional groups attached to an aromatic ring is 1. The number of fused-ring (bicyclic) bond motifs is 1. The van der Waals surface area contributed by atoms with E-state index in [1.807, 2.05) is 0 Å². The summed E-state index contributed by atoms with van der Waals surface area (Å²) in [6.07, 6.45) is 3.89. The minimum Gasteiger partial charge on any atom is -0.381 e. The van der Waals surface area contributed by atoms with Crippen LogP contribution in [-0.2, 0) is 0 Å². The fraction of sp³-hybridized carbons (Fsp3) is 0.583. The third-order valence-corrected chi connectivity index (χ3v) is 3.85. The number of rotatable bonds is 1. The number of aromatic nitrogens is 4. The van der Waals surface area contributed by atoms with E-state index >= 15 is 0 Å². The summed E-state index contributed by atoms with van der Waals surface area (Å²) in [5.74, 6) is 1.10. The lowest BCUT2D eigenvalue weighted by molar-refractivity contribution is 0.290. The van der Waals surface area contributed by atoms with Crippen LogP contribution in [0, 0.1) is 5.41 Å². The Balaban J connectivity index is 2.08. The molecule has 3 rings (SSSR count). The number of halogens is 1. The van der Waals surface area contributed by atoms with E-state index in [0.717, 1.165) is 25.5 Å². The fourth-order valence-corrected chi connectivity index (χ4v) is 2.88. The SMILES string of the molecule is CC1(C)CCCN(c2nnc3c(N)ncc(Cl)n23)C1. The normalized spacial score (nSPS) is 19.0. The molecule has 6 nitrogen and oxygen atoms in total. The molecule has 2 aromatic heterocycles. The average molecular weight is 281 g/mol. The van der Waals surface area contributed by atoms with Crippen LogP contribution in [0.4, 0.5) is 11.8 Å². The molecule has 1 aliphatic heterocycles. The fourth-order valence-electron chi connectivity index (χ4n) is 2.68. The standard InChI is InChI=1S/C12H17ClN6/c1-12(2)4-3-5-18(7-12)11-17-16-10-9(14)15-6-8(13)19(10)11/h6H,3-5,7H2,1-2H3,(H2,14,15). The van der Waals surface area contributed by atoms with Crippen LogP contribution in [0.15, 0.2) is 6.20 Å². The molecular weight excluding hydrogens is 264 g/mol. The van der Waals surface area contributed by atoms with Crippen LogP contribution in [0.25, 0.3) is 5.65 Å². The number of hydrogen-bond acceptors (Lipinski definition) is 5. The maximum Gasteiger partial charge on any atom is 0.233 e. The Labute approximate surface area is 116 Å². The van der Waals surface area contributed by atoms with E-state index in [1.165, 1.54) is 12.6 Å². The molecule has 1 saturated heterocycles. The second-order valence-electron chi connectivity index (χ2n) is 5.81. The van der Waals surface area contributed by atoms with Gasteiger partial charge in [-0.3, -0.25) is 0 Å². The first-order valence-corrected chi connectivity index (χ1v) is 6.76. The zero-order valence-corrected chi connectivity index (χ0v) is 11.9. The molecule has 0 aliphatic carbocycles. The monoisotopic (exact) mass is 280 g/mol. The van der Waals surface area contributed by atoms with Gasteiger partial charge < -0.3 is 10.6 Å². The summed E-state index contributed by atoms with van der Waals surface area (Å²) in [6, 6.07) is 0. The van der Waals surface area contributed by atoms with E-state index in [4.69, 9.17) is 17.3 Å². The summed E-state index contributed by atoms with van der Waals surface area (Å²) in [6.45, 7) is 6.43. The van der Waals surface area contributed by atoms with Gasteiger partial charge in [-0.1, -0.05) is 25.4 Å². The van der Waals surface area contributed by atoms with Crippen LogP contribution in [0.1, 0.15) is 26.7 Å². The average Bonchev–Trinajstić information content (AvgIpc) is 2.78. The van der Waals surface area contributed by atoms with Crippen molar-refractivity contribution in [1.29, 1.82) is 0 Å². The second kappa shape index (κ2) is 4.23. The summed E-state index contributed by atoms with van der Waals surface area (Å²) in [5, 5.41) is 8.82. The van der Waals surface area contributed by atoms with Gasteiger partial charge in [0, 0.05) is 13.1 Å². The lowest BCUT2D eigenvalue weighted by atomic mass is 9.84. The largest absolute Gasteiger partial charge is 0.381 e. The number of nitrogens with two attached hydrogens (primary N) is 1. The molecule has 0 atom stereocenters. The maximum atomic E-state index is 6.20. The van der Waals surface area contributed by atoms with Crippen molar-refractivity contribution < 1.29 is 0 Å². The van der Waals surface area contributed by atoms with Gasteiger partial charge in [-0.25, -0.2) is 9.38 Å². The van der Waals surface area contributed by atoms with Gasteiger partial charge in [-0.15, -0.1) is 10.2 Å². The molecule has 2 aromatic rings. The third-order valence-electron chi connectivity index (χ3n) is 3.58. The van der Waals surface area contributed by atoms with Crippen LogP contribution in [0.2, 0.25) is 5.15 Å². The van der Waals surface area contributed by atoms with Gasteiger partial charge >= 0.3 is 0 Å². The zero-order valence-electron chi connectivity index (χ0n) is 11.1. The van der Waals surface area contributed by atoms with Crippen molar-refractivity contribution in [3.05, 3.63) is 11.3 Å². The topological polar surface area (TPSA) is 72.3 Å². The van der Waals surface area contributed by atoms with Gasteiger partial charge in [-0.2, -0.15) is 0 Å². The Bertz CT molecular complexity index is 620. The van der Waals surface area contributed by atoms with Crippen molar-refractivity contribution in [2.45, 2.75) is 26.7 Å². The van der Waals surface area contributed by atoms with Crippen molar-refractivity contribution >= 4 is 29.0 Å². The highest BCUT2D eigenvalue weighted by Crippen LogP contribution is 2.32. The smallest absolute Gasteiger partial charge is 0.233 e. The Morgan fingerprint density at radius 3 is 2.89 bits per heavy atom. The summed E-state index contributed by atoms with van der Waals surface area (Å²) in [4.78, 5) is 6.21. The molecular formula is C12H17ClN6. The predicted octanol–water partition coefficient (Wildman–Crippen LogP) is 1.99. The minimum atomic E-state index is 0.273. The molecule has 2 N–H and O–H groups in total. The van der Waals surface area contributed by atoms with Gasteiger partial charge in [0.05, 0.1) is 6.20 Å². The molecule has 0 amide bonds. The molecule has 0 aromatic carbocycles. The molecule has 102 valence electrons. The van der Waals surface area contributed by atoms with Crippen LogP contribution < -0.4 is 10.6 Å². The van der Waals surface area contributed by atoms with Crippen molar-refractivity contribution in [2.24, 2.45) is 5.41 Å². The van der Waals surface area contributed by atoms with Crippen LogP contribution in [-0.4, -0.2) is 32.7 Å². The predicted molar refractivity (Wildman–Crippen MR) is 75.4 cm³/mol. The van der Waals surface area contributed by atoms with E-state index in [2.05, 4.69) is 33.9 Å². The molecule has 1 aliphatic rings.